The van der Waals surface area contributed by atoms with Gasteiger partial charge in [-0.2, -0.15) is 0 Å². The van der Waals surface area contributed by atoms with Crippen molar-refractivity contribution in [2.24, 2.45) is 0 Å². The van der Waals surface area contributed by atoms with E-state index in [4.69, 9.17) is 4.89 Å². The predicted octanol–water partition coefficient (Wildman–Crippen LogP) is 0.918. The molecule has 0 aromatic heterocycles. The van der Waals surface area contributed by atoms with E-state index in [1.807, 2.05) is 0 Å². The maximum absolute atomic E-state index is 12.2. The largest absolute Gasteiger partial charge is 0.343 e. The van der Waals surface area contributed by atoms with E-state index in [0.717, 1.165) is 12.1 Å². The summed E-state index contributed by atoms with van der Waals surface area (Å²) in [7, 11) is -2.65. The first-order chi connectivity index (χ1) is 4.70. The van der Waals surface area contributed by atoms with E-state index >= 15 is 0 Å². The summed E-state index contributed by atoms with van der Waals surface area (Å²) in [5.74, 6) is -0.396. The predicted molar refractivity (Wildman–Crippen MR) is 37.3 cm³/mol. The fourth-order valence-electron chi connectivity index (χ4n) is 0.592. The highest BCUT2D eigenvalue weighted by molar-refractivity contribution is 7.47. The summed E-state index contributed by atoms with van der Waals surface area (Å²) in [4.78, 5) is 8.54. The highest BCUT2D eigenvalue weighted by atomic mass is 31.1. The maximum atomic E-state index is 12.2. The lowest BCUT2D eigenvalue weighted by molar-refractivity contribution is 0.513. The van der Waals surface area contributed by atoms with E-state index in [0.29, 0.717) is 0 Å². The van der Waals surface area contributed by atoms with Crippen molar-refractivity contribution in [1.29, 1.82) is 0 Å². The zero-order valence-corrected chi connectivity index (χ0v) is 6.04. The number of hydrogen-bond acceptors (Lipinski definition) is 1. The van der Waals surface area contributed by atoms with Crippen LogP contribution in [0.1, 0.15) is 0 Å². The highest BCUT2D eigenvalue weighted by Crippen LogP contribution is 2.11. The lowest BCUT2D eigenvalue weighted by atomic mass is 10.4. The Morgan fingerprint density at radius 2 is 1.80 bits per heavy atom. The Morgan fingerprint density at radius 1 is 1.30 bits per heavy atom. The number of hydrogen-bond donors (Lipinski definition) is 1. The molecule has 1 aromatic rings. The lowest BCUT2D eigenvalue weighted by Crippen LogP contribution is -1.93. The Kier molecular flexibility index (Phi) is 2.20. The first-order valence-electron chi connectivity index (χ1n) is 2.69. The Labute approximate surface area is 58.2 Å². The minimum absolute atomic E-state index is 0.284. The molecule has 10 heavy (non-hydrogen) atoms. The van der Waals surface area contributed by atoms with E-state index < -0.39 is 13.8 Å². The fourth-order valence-corrected chi connectivity index (χ4v) is 1.04. The SMILES string of the molecule is O=[PH](O)c1ccc(F)cc1. The van der Waals surface area contributed by atoms with Crippen molar-refractivity contribution < 1.29 is 13.8 Å². The van der Waals surface area contributed by atoms with Gasteiger partial charge in [-0.05, 0) is 24.3 Å². The molecule has 54 valence electrons. The van der Waals surface area contributed by atoms with E-state index in [9.17, 15) is 8.96 Å². The summed E-state index contributed by atoms with van der Waals surface area (Å²) in [6.45, 7) is 0. The van der Waals surface area contributed by atoms with Crippen LogP contribution in [0.15, 0.2) is 24.3 Å². The van der Waals surface area contributed by atoms with Gasteiger partial charge in [-0.15, -0.1) is 0 Å². The molecule has 0 spiro atoms. The van der Waals surface area contributed by atoms with Gasteiger partial charge in [0.25, 0.3) is 0 Å². The molecule has 0 aliphatic rings. The van der Waals surface area contributed by atoms with Crippen LogP contribution in [0.2, 0.25) is 0 Å². The topological polar surface area (TPSA) is 37.3 Å². The summed E-state index contributed by atoms with van der Waals surface area (Å²) in [6.07, 6.45) is 0. The maximum Gasteiger partial charge on any atom is 0.218 e. The van der Waals surface area contributed by atoms with Crippen LogP contribution in [0, 0.1) is 5.82 Å². The molecular weight excluding hydrogens is 154 g/mol. The summed E-state index contributed by atoms with van der Waals surface area (Å²) in [5.41, 5.74) is 0. The molecule has 4 heteroatoms. The van der Waals surface area contributed by atoms with Gasteiger partial charge >= 0.3 is 0 Å². The molecular formula is C6H6FO2P. The van der Waals surface area contributed by atoms with Crippen molar-refractivity contribution in [3.8, 4) is 0 Å². The summed E-state index contributed by atoms with van der Waals surface area (Å²) >= 11 is 0. The van der Waals surface area contributed by atoms with Gasteiger partial charge in [0.05, 0.1) is 0 Å². The van der Waals surface area contributed by atoms with E-state index in [1.165, 1.54) is 12.1 Å². The van der Waals surface area contributed by atoms with Crippen LogP contribution in [0.3, 0.4) is 0 Å². The second-order valence-electron chi connectivity index (χ2n) is 1.81. The molecule has 0 aliphatic heterocycles. The van der Waals surface area contributed by atoms with Crippen LogP contribution in [0.5, 0.6) is 0 Å². The van der Waals surface area contributed by atoms with E-state index in [-0.39, 0.29) is 5.30 Å². The number of rotatable bonds is 1. The second kappa shape index (κ2) is 2.95. The smallest absolute Gasteiger partial charge is 0.218 e. The van der Waals surface area contributed by atoms with Gasteiger partial charge in [0.15, 0.2) is 0 Å². The molecule has 1 atom stereocenters. The normalized spacial score (nSPS) is 13.0. The van der Waals surface area contributed by atoms with Crippen molar-refractivity contribution in [3.05, 3.63) is 30.1 Å². The van der Waals surface area contributed by atoms with E-state index in [2.05, 4.69) is 0 Å². The van der Waals surface area contributed by atoms with Gasteiger partial charge in [0, 0.05) is 5.30 Å². The van der Waals surface area contributed by atoms with Crippen molar-refractivity contribution in [1.82, 2.24) is 0 Å². The molecule has 0 saturated carbocycles. The first-order valence-corrected chi connectivity index (χ1v) is 4.04. The zero-order chi connectivity index (χ0) is 7.56. The summed E-state index contributed by atoms with van der Waals surface area (Å²) < 4.78 is 22.6. The van der Waals surface area contributed by atoms with Crippen molar-refractivity contribution in [3.63, 3.8) is 0 Å². The molecule has 0 amide bonds. The molecule has 0 bridgehead atoms. The third-order valence-electron chi connectivity index (χ3n) is 1.09. The van der Waals surface area contributed by atoms with Crippen LogP contribution >= 0.6 is 8.03 Å². The number of benzene rings is 1. The Hall–Kier alpha value is -0.660. The van der Waals surface area contributed by atoms with Gasteiger partial charge in [-0.25, -0.2) is 4.39 Å². The van der Waals surface area contributed by atoms with E-state index in [1.54, 1.807) is 0 Å². The molecule has 0 radical (unpaired) electrons. The quantitative estimate of drug-likeness (QED) is 0.620. The third kappa shape index (κ3) is 1.66. The molecule has 1 N–H and O–H groups in total. The van der Waals surface area contributed by atoms with Crippen LogP contribution in [0.25, 0.3) is 0 Å². The van der Waals surface area contributed by atoms with Gasteiger partial charge in [0.1, 0.15) is 5.82 Å². The van der Waals surface area contributed by atoms with Gasteiger partial charge < -0.3 is 4.89 Å². The van der Waals surface area contributed by atoms with Crippen LogP contribution in [-0.2, 0) is 4.57 Å². The van der Waals surface area contributed by atoms with Crippen LogP contribution < -0.4 is 5.30 Å². The molecule has 0 heterocycles. The van der Waals surface area contributed by atoms with Crippen molar-refractivity contribution in [2.45, 2.75) is 0 Å². The molecule has 1 unspecified atom stereocenters. The van der Waals surface area contributed by atoms with Gasteiger partial charge in [-0.1, -0.05) is 0 Å². The monoisotopic (exact) mass is 160 g/mol. The molecule has 0 fully saturated rings. The average Bonchev–Trinajstić information content (AvgIpc) is 1.88. The Morgan fingerprint density at radius 3 is 2.20 bits per heavy atom. The average molecular weight is 160 g/mol. The minimum Gasteiger partial charge on any atom is -0.343 e. The van der Waals surface area contributed by atoms with Crippen molar-refractivity contribution in [2.75, 3.05) is 0 Å². The van der Waals surface area contributed by atoms with Crippen LogP contribution in [-0.4, -0.2) is 4.89 Å². The lowest BCUT2D eigenvalue weighted by Gasteiger charge is -1.92. The molecule has 0 aliphatic carbocycles. The zero-order valence-electron chi connectivity index (χ0n) is 5.04. The first kappa shape index (κ1) is 7.45. The fraction of sp³-hybridized carbons (Fsp3) is 0. The molecule has 1 aromatic carbocycles. The molecule has 0 saturated heterocycles. The summed E-state index contributed by atoms with van der Waals surface area (Å²) in [5, 5.41) is 0.284. The standard InChI is InChI=1S/C6H6FO2P/c7-5-1-3-6(4-2-5)10(8)9/h1-4,10H,(H,8,9). The van der Waals surface area contributed by atoms with Gasteiger partial charge in [0.2, 0.25) is 8.03 Å². The van der Waals surface area contributed by atoms with Crippen molar-refractivity contribution >= 4 is 13.3 Å². The second-order valence-corrected chi connectivity index (χ2v) is 3.00. The highest BCUT2D eigenvalue weighted by Gasteiger charge is 1.96. The molecule has 1 rings (SSSR count). The minimum atomic E-state index is -2.65. The number of halogens is 1. The molecule has 2 nitrogen and oxygen atoms in total. The van der Waals surface area contributed by atoms with Gasteiger partial charge in [-0.3, -0.25) is 4.57 Å². The third-order valence-corrected chi connectivity index (χ3v) is 1.92. The Balaban J connectivity index is 3.00. The summed E-state index contributed by atoms with van der Waals surface area (Å²) in [6, 6.07) is 4.93. The van der Waals surface area contributed by atoms with Crippen LogP contribution in [0.4, 0.5) is 4.39 Å². The Bertz CT molecular complexity index is 244.